The van der Waals surface area contributed by atoms with Gasteiger partial charge in [0.05, 0.1) is 0 Å². The van der Waals surface area contributed by atoms with Crippen LogP contribution in [0, 0.1) is 0 Å². The van der Waals surface area contributed by atoms with Crippen molar-refractivity contribution in [2.75, 3.05) is 0 Å². The quantitative estimate of drug-likeness (QED) is 0.298. The van der Waals surface area contributed by atoms with Crippen molar-refractivity contribution in [3.8, 4) is 0 Å². The molecule has 21 heavy (non-hydrogen) atoms. The molecule has 0 amide bonds. The Morgan fingerprint density at radius 1 is 0.619 bits per heavy atom. The first-order valence-corrected chi connectivity index (χ1v) is 8.91. The number of rotatable bonds is 14. The van der Waals surface area contributed by atoms with Crippen molar-refractivity contribution in [1.29, 1.82) is 0 Å². The fourth-order valence-electron chi connectivity index (χ4n) is 2.79. The highest BCUT2D eigenvalue weighted by Crippen LogP contribution is 2.13. The van der Waals surface area contributed by atoms with Crippen molar-refractivity contribution in [1.82, 2.24) is 0 Å². The summed E-state index contributed by atoms with van der Waals surface area (Å²) < 4.78 is 0. The van der Waals surface area contributed by atoms with E-state index in [-0.39, 0.29) is 0 Å². The number of carbonyl (C=O) groups is 1. The fraction of sp³-hybridized carbons (Fsp3) is 0.650. The molecule has 1 heteroatoms. The van der Waals surface area contributed by atoms with Crippen LogP contribution in [0.1, 0.15) is 82.6 Å². The maximum absolute atomic E-state index is 10.2. The van der Waals surface area contributed by atoms with Crippen LogP contribution in [-0.2, 0) is 11.2 Å². The monoisotopic (exact) mass is 288 g/mol. The molecule has 0 bridgehead atoms. The van der Waals surface area contributed by atoms with E-state index < -0.39 is 0 Å². The Bertz CT molecular complexity index is 331. The van der Waals surface area contributed by atoms with Gasteiger partial charge in [0.15, 0.2) is 0 Å². The Kier molecular flexibility index (Phi) is 11.8. The molecule has 0 aliphatic rings. The molecule has 0 aliphatic heterocycles. The van der Waals surface area contributed by atoms with E-state index in [4.69, 9.17) is 0 Å². The summed E-state index contributed by atoms with van der Waals surface area (Å²) in [5, 5.41) is 0. The molecule has 1 rings (SSSR count). The Hall–Kier alpha value is -1.11. The Morgan fingerprint density at radius 3 is 1.62 bits per heavy atom. The normalized spacial score (nSPS) is 10.7. The fourth-order valence-corrected chi connectivity index (χ4v) is 2.79. The third kappa shape index (κ3) is 11.2. The average molecular weight is 288 g/mol. The second-order valence-electron chi connectivity index (χ2n) is 6.08. The second kappa shape index (κ2) is 13.9. The third-order valence-electron chi connectivity index (χ3n) is 4.13. The molecule has 0 N–H and O–H groups in total. The van der Waals surface area contributed by atoms with Crippen molar-refractivity contribution < 1.29 is 4.79 Å². The predicted molar refractivity (Wildman–Crippen MR) is 91.6 cm³/mol. The number of aldehydes is 1. The van der Waals surface area contributed by atoms with Gasteiger partial charge in [-0.15, -0.1) is 0 Å². The third-order valence-corrected chi connectivity index (χ3v) is 4.13. The van der Waals surface area contributed by atoms with Gasteiger partial charge in [0.1, 0.15) is 6.29 Å². The topological polar surface area (TPSA) is 17.1 Å². The minimum Gasteiger partial charge on any atom is -0.303 e. The lowest BCUT2D eigenvalue weighted by Gasteiger charge is -2.03. The molecule has 0 aliphatic carbocycles. The summed E-state index contributed by atoms with van der Waals surface area (Å²) in [5.74, 6) is 0. The summed E-state index contributed by atoms with van der Waals surface area (Å²) in [7, 11) is 0. The van der Waals surface area contributed by atoms with Crippen LogP contribution in [0.15, 0.2) is 30.3 Å². The zero-order chi connectivity index (χ0) is 15.0. The van der Waals surface area contributed by atoms with Crippen LogP contribution in [0.3, 0.4) is 0 Å². The van der Waals surface area contributed by atoms with Crippen molar-refractivity contribution in [2.24, 2.45) is 0 Å². The van der Waals surface area contributed by atoms with E-state index >= 15 is 0 Å². The molecule has 0 atom stereocenters. The van der Waals surface area contributed by atoms with E-state index in [0.717, 1.165) is 19.1 Å². The number of aryl methyl sites for hydroxylation is 1. The minimum atomic E-state index is 0.753. The summed E-state index contributed by atoms with van der Waals surface area (Å²) in [6.07, 6.45) is 17.7. The second-order valence-corrected chi connectivity index (χ2v) is 6.08. The van der Waals surface area contributed by atoms with E-state index in [9.17, 15) is 4.79 Å². The molecular weight excluding hydrogens is 256 g/mol. The van der Waals surface area contributed by atoms with Gasteiger partial charge < -0.3 is 4.79 Å². The zero-order valence-electron chi connectivity index (χ0n) is 13.6. The lowest BCUT2D eigenvalue weighted by molar-refractivity contribution is -0.107. The SMILES string of the molecule is O=CCCCCCCCCCCCCCc1ccccc1. The van der Waals surface area contributed by atoms with Gasteiger partial charge in [0.25, 0.3) is 0 Å². The van der Waals surface area contributed by atoms with Gasteiger partial charge in [0.2, 0.25) is 0 Å². The van der Waals surface area contributed by atoms with E-state index in [0.29, 0.717) is 0 Å². The van der Waals surface area contributed by atoms with Crippen LogP contribution in [-0.4, -0.2) is 6.29 Å². The average Bonchev–Trinajstić information content (AvgIpc) is 2.53. The summed E-state index contributed by atoms with van der Waals surface area (Å²) in [6, 6.07) is 10.8. The molecule has 0 fully saturated rings. The van der Waals surface area contributed by atoms with E-state index in [1.54, 1.807) is 0 Å². The summed E-state index contributed by atoms with van der Waals surface area (Å²) in [5.41, 5.74) is 1.48. The van der Waals surface area contributed by atoms with Crippen LogP contribution >= 0.6 is 0 Å². The summed E-state index contributed by atoms with van der Waals surface area (Å²) >= 11 is 0. The lowest BCUT2D eigenvalue weighted by Crippen LogP contribution is -1.86. The van der Waals surface area contributed by atoms with Crippen LogP contribution in [0.25, 0.3) is 0 Å². The first-order chi connectivity index (χ1) is 10.4. The number of hydrogen-bond acceptors (Lipinski definition) is 1. The van der Waals surface area contributed by atoms with Crippen LogP contribution in [0.4, 0.5) is 0 Å². The van der Waals surface area contributed by atoms with Gasteiger partial charge in [-0.25, -0.2) is 0 Å². The first-order valence-electron chi connectivity index (χ1n) is 8.91. The van der Waals surface area contributed by atoms with Crippen LogP contribution in [0.2, 0.25) is 0 Å². The highest BCUT2D eigenvalue weighted by molar-refractivity contribution is 5.48. The molecule has 0 heterocycles. The van der Waals surface area contributed by atoms with E-state index in [1.807, 2.05) is 0 Å². The molecule has 1 aromatic rings. The van der Waals surface area contributed by atoms with Gasteiger partial charge in [-0.1, -0.05) is 88.1 Å². The van der Waals surface area contributed by atoms with Crippen LogP contribution in [0.5, 0.6) is 0 Å². The van der Waals surface area contributed by atoms with Crippen molar-refractivity contribution in [2.45, 2.75) is 83.5 Å². The van der Waals surface area contributed by atoms with Crippen molar-refractivity contribution >= 4 is 6.29 Å². The first kappa shape index (κ1) is 17.9. The number of carbonyl (C=O) groups excluding carboxylic acids is 1. The molecule has 0 unspecified atom stereocenters. The predicted octanol–water partition coefficient (Wildman–Crippen LogP) is 6.11. The molecule has 0 saturated heterocycles. The van der Waals surface area contributed by atoms with Gasteiger partial charge in [-0.05, 0) is 24.8 Å². The van der Waals surface area contributed by atoms with Crippen molar-refractivity contribution in [3.63, 3.8) is 0 Å². The summed E-state index contributed by atoms with van der Waals surface area (Å²) in [4.78, 5) is 10.2. The Balaban J connectivity index is 1.76. The smallest absolute Gasteiger partial charge is 0.119 e. The van der Waals surface area contributed by atoms with Gasteiger partial charge in [0, 0.05) is 6.42 Å². The minimum absolute atomic E-state index is 0.753. The molecule has 0 spiro atoms. The summed E-state index contributed by atoms with van der Waals surface area (Å²) in [6.45, 7) is 0. The van der Waals surface area contributed by atoms with Gasteiger partial charge in [-0.3, -0.25) is 0 Å². The molecule has 118 valence electrons. The Labute approximate surface area is 131 Å². The lowest BCUT2D eigenvalue weighted by atomic mass is 10.0. The van der Waals surface area contributed by atoms with Crippen LogP contribution < -0.4 is 0 Å². The zero-order valence-corrected chi connectivity index (χ0v) is 13.6. The van der Waals surface area contributed by atoms with E-state index in [1.165, 1.54) is 76.2 Å². The van der Waals surface area contributed by atoms with Gasteiger partial charge in [-0.2, -0.15) is 0 Å². The number of benzene rings is 1. The van der Waals surface area contributed by atoms with E-state index in [2.05, 4.69) is 30.3 Å². The molecule has 1 nitrogen and oxygen atoms in total. The molecule has 0 radical (unpaired) electrons. The standard InChI is InChI=1S/C20H32O/c21-19-15-10-8-6-4-2-1-3-5-7-9-12-16-20-17-13-11-14-18-20/h11,13-14,17-19H,1-10,12,15-16H2. The molecule has 0 aromatic heterocycles. The number of unbranched alkanes of at least 4 members (excludes halogenated alkanes) is 11. The Morgan fingerprint density at radius 2 is 1.10 bits per heavy atom. The highest BCUT2D eigenvalue weighted by atomic mass is 16.1. The largest absolute Gasteiger partial charge is 0.303 e. The molecular formula is C20H32O. The number of hydrogen-bond donors (Lipinski definition) is 0. The molecule has 0 saturated carbocycles. The molecule has 1 aromatic carbocycles. The van der Waals surface area contributed by atoms with Crippen molar-refractivity contribution in [3.05, 3.63) is 35.9 Å². The highest BCUT2D eigenvalue weighted by Gasteiger charge is 1.95. The maximum atomic E-state index is 10.2. The van der Waals surface area contributed by atoms with Gasteiger partial charge >= 0.3 is 0 Å². The maximum Gasteiger partial charge on any atom is 0.119 e.